The van der Waals surface area contributed by atoms with E-state index in [0.717, 1.165) is 29.5 Å². The van der Waals surface area contributed by atoms with Gasteiger partial charge in [0, 0.05) is 25.2 Å². The molecular formula is C13H14N2O3. The Hall–Kier alpha value is -1.91. The summed E-state index contributed by atoms with van der Waals surface area (Å²) < 4.78 is 0. The average Bonchev–Trinajstić information content (AvgIpc) is 2.72. The first-order chi connectivity index (χ1) is 8.59. The molecule has 1 amide bonds. The van der Waals surface area contributed by atoms with E-state index in [-0.39, 0.29) is 22.4 Å². The molecule has 3 rings (SSSR count). The quantitative estimate of drug-likeness (QED) is 0.559. The molecule has 94 valence electrons. The molecule has 2 aliphatic rings. The van der Waals surface area contributed by atoms with Gasteiger partial charge in [-0.3, -0.25) is 14.9 Å². The summed E-state index contributed by atoms with van der Waals surface area (Å²) in [7, 11) is 1.78. The number of likely N-dealkylation sites (N-methyl/N-ethyl adjacent to an activating group) is 1. The summed E-state index contributed by atoms with van der Waals surface area (Å²) >= 11 is 0. The SMILES string of the molecule is CN1CCc2c([N+](=O)[O-])ccc3c2C(CC3)C1=O. The van der Waals surface area contributed by atoms with Crippen molar-refractivity contribution in [3.63, 3.8) is 0 Å². The van der Waals surface area contributed by atoms with Gasteiger partial charge < -0.3 is 4.90 Å². The molecule has 0 aromatic heterocycles. The molecule has 0 spiro atoms. The van der Waals surface area contributed by atoms with E-state index in [2.05, 4.69) is 0 Å². The van der Waals surface area contributed by atoms with E-state index < -0.39 is 0 Å². The lowest BCUT2D eigenvalue weighted by Gasteiger charge is -2.17. The van der Waals surface area contributed by atoms with Gasteiger partial charge in [-0.15, -0.1) is 0 Å². The van der Waals surface area contributed by atoms with Crippen LogP contribution in [0.4, 0.5) is 5.69 Å². The third-order valence-electron chi connectivity index (χ3n) is 4.04. The summed E-state index contributed by atoms with van der Waals surface area (Å²) in [6.07, 6.45) is 2.22. The van der Waals surface area contributed by atoms with Gasteiger partial charge >= 0.3 is 0 Å². The minimum atomic E-state index is -0.333. The van der Waals surface area contributed by atoms with Crippen LogP contribution >= 0.6 is 0 Å². The second kappa shape index (κ2) is 3.80. The number of rotatable bonds is 1. The lowest BCUT2D eigenvalue weighted by atomic mass is 9.93. The Morgan fingerprint density at radius 1 is 1.39 bits per heavy atom. The summed E-state index contributed by atoms with van der Waals surface area (Å²) in [5.74, 6) is -0.0598. The monoisotopic (exact) mass is 246 g/mol. The highest BCUT2D eigenvalue weighted by Gasteiger charge is 2.37. The molecule has 1 aliphatic carbocycles. The Morgan fingerprint density at radius 3 is 2.89 bits per heavy atom. The lowest BCUT2D eigenvalue weighted by Crippen LogP contribution is -2.30. The van der Waals surface area contributed by atoms with Crippen molar-refractivity contribution in [2.24, 2.45) is 0 Å². The van der Waals surface area contributed by atoms with Crippen LogP contribution in [-0.4, -0.2) is 29.3 Å². The van der Waals surface area contributed by atoms with Gasteiger partial charge in [0.25, 0.3) is 5.69 Å². The van der Waals surface area contributed by atoms with Crippen LogP contribution in [0.1, 0.15) is 29.0 Å². The Bertz CT molecular complexity index is 553. The molecule has 1 aliphatic heterocycles. The van der Waals surface area contributed by atoms with Crippen molar-refractivity contribution in [1.82, 2.24) is 4.90 Å². The maximum absolute atomic E-state index is 12.2. The summed E-state index contributed by atoms with van der Waals surface area (Å²) in [6.45, 7) is 0.562. The van der Waals surface area contributed by atoms with Crippen molar-refractivity contribution in [1.29, 1.82) is 0 Å². The fourth-order valence-corrected chi connectivity index (χ4v) is 3.13. The molecular weight excluding hydrogens is 232 g/mol. The smallest absolute Gasteiger partial charge is 0.272 e. The first-order valence-electron chi connectivity index (χ1n) is 6.13. The number of nitro groups is 1. The normalized spacial score (nSPS) is 21.7. The number of carbonyl (C=O) groups is 1. The molecule has 0 fully saturated rings. The van der Waals surface area contributed by atoms with Gasteiger partial charge in [0.1, 0.15) is 0 Å². The number of aryl methyl sites for hydroxylation is 1. The van der Waals surface area contributed by atoms with Gasteiger partial charge in [0.05, 0.1) is 10.8 Å². The van der Waals surface area contributed by atoms with Crippen molar-refractivity contribution >= 4 is 11.6 Å². The Kier molecular flexibility index (Phi) is 2.36. The zero-order valence-electron chi connectivity index (χ0n) is 10.2. The van der Waals surface area contributed by atoms with Crippen LogP contribution in [-0.2, 0) is 17.6 Å². The standard InChI is InChI=1S/C13H14N2O3/c1-14-7-6-9-11(15(17)18)5-3-8-2-4-10(12(8)9)13(14)16/h3,5,10H,2,4,6-7H2,1H3. The highest BCUT2D eigenvalue weighted by molar-refractivity contribution is 5.86. The van der Waals surface area contributed by atoms with E-state index in [1.165, 1.54) is 0 Å². The number of carbonyl (C=O) groups excluding carboxylic acids is 1. The van der Waals surface area contributed by atoms with Crippen LogP contribution in [0.25, 0.3) is 0 Å². The molecule has 0 N–H and O–H groups in total. The van der Waals surface area contributed by atoms with Crippen LogP contribution in [0, 0.1) is 10.1 Å². The van der Waals surface area contributed by atoms with Gasteiger partial charge in [0.2, 0.25) is 5.91 Å². The molecule has 1 aromatic carbocycles. The fraction of sp³-hybridized carbons (Fsp3) is 0.462. The van der Waals surface area contributed by atoms with Crippen molar-refractivity contribution in [2.75, 3.05) is 13.6 Å². The molecule has 0 saturated carbocycles. The Labute approximate surface area is 105 Å². The van der Waals surface area contributed by atoms with Gasteiger partial charge in [-0.05, 0) is 30.4 Å². The van der Waals surface area contributed by atoms with Crippen molar-refractivity contribution in [3.05, 3.63) is 38.9 Å². The largest absolute Gasteiger partial charge is 0.345 e. The number of hydrogen-bond donors (Lipinski definition) is 0. The molecule has 5 heteroatoms. The van der Waals surface area contributed by atoms with Crippen LogP contribution < -0.4 is 0 Å². The number of benzene rings is 1. The summed E-state index contributed by atoms with van der Waals surface area (Å²) in [6, 6.07) is 3.40. The van der Waals surface area contributed by atoms with E-state index in [1.54, 1.807) is 18.0 Å². The van der Waals surface area contributed by atoms with E-state index >= 15 is 0 Å². The van der Waals surface area contributed by atoms with Crippen LogP contribution in [0.2, 0.25) is 0 Å². The van der Waals surface area contributed by atoms with Crippen LogP contribution in [0.3, 0.4) is 0 Å². The third-order valence-corrected chi connectivity index (χ3v) is 4.04. The number of nitro benzene ring substituents is 1. The average molecular weight is 246 g/mol. The molecule has 0 radical (unpaired) electrons. The summed E-state index contributed by atoms with van der Waals surface area (Å²) in [5.41, 5.74) is 3.00. The lowest BCUT2D eigenvalue weighted by molar-refractivity contribution is -0.385. The third kappa shape index (κ3) is 1.43. The van der Waals surface area contributed by atoms with E-state index in [1.807, 2.05) is 6.07 Å². The summed E-state index contributed by atoms with van der Waals surface area (Å²) in [5, 5.41) is 11.1. The predicted octanol–water partition coefficient (Wildman–Crippen LogP) is 1.64. The van der Waals surface area contributed by atoms with Crippen LogP contribution in [0.5, 0.6) is 0 Å². The zero-order valence-corrected chi connectivity index (χ0v) is 10.2. The molecule has 0 saturated heterocycles. The Balaban J connectivity index is 2.22. The number of nitrogens with zero attached hydrogens (tertiary/aromatic N) is 2. The van der Waals surface area contributed by atoms with Gasteiger partial charge in [-0.2, -0.15) is 0 Å². The zero-order chi connectivity index (χ0) is 12.9. The highest BCUT2D eigenvalue weighted by Crippen LogP contribution is 2.41. The molecule has 5 nitrogen and oxygen atoms in total. The highest BCUT2D eigenvalue weighted by atomic mass is 16.6. The fourth-order valence-electron chi connectivity index (χ4n) is 3.13. The second-order valence-electron chi connectivity index (χ2n) is 4.99. The molecule has 18 heavy (non-hydrogen) atoms. The summed E-state index contributed by atoms with van der Waals surface area (Å²) in [4.78, 5) is 24.7. The first-order valence-corrected chi connectivity index (χ1v) is 6.13. The van der Waals surface area contributed by atoms with E-state index in [9.17, 15) is 14.9 Å². The van der Waals surface area contributed by atoms with Crippen molar-refractivity contribution in [2.45, 2.75) is 25.2 Å². The topological polar surface area (TPSA) is 63.4 Å². The van der Waals surface area contributed by atoms with Gasteiger partial charge in [-0.25, -0.2) is 0 Å². The van der Waals surface area contributed by atoms with Crippen molar-refractivity contribution in [3.8, 4) is 0 Å². The maximum Gasteiger partial charge on any atom is 0.272 e. The van der Waals surface area contributed by atoms with Crippen LogP contribution in [0.15, 0.2) is 12.1 Å². The minimum Gasteiger partial charge on any atom is -0.345 e. The molecule has 1 aromatic rings. The number of amides is 1. The second-order valence-corrected chi connectivity index (χ2v) is 4.99. The van der Waals surface area contributed by atoms with Gasteiger partial charge in [-0.1, -0.05) is 6.07 Å². The van der Waals surface area contributed by atoms with Gasteiger partial charge in [0.15, 0.2) is 0 Å². The van der Waals surface area contributed by atoms with Crippen molar-refractivity contribution < 1.29 is 9.72 Å². The predicted molar refractivity (Wildman–Crippen MR) is 65.5 cm³/mol. The Morgan fingerprint density at radius 2 is 2.17 bits per heavy atom. The first kappa shape index (κ1) is 11.2. The number of hydrogen-bond acceptors (Lipinski definition) is 3. The minimum absolute atomic E-state index is 0.105. The molecule has 1 unspecified atom stereocenters. The molecule has 0 bridgehead atoms. The molecule has 1 atom stereocenters. The van der Waals surface area contributed by atoms with E-state index in [0.29, 0.717) is 13.0 Å². The van der Waals surface area contributed by atoms with E-state index in [4.69, 9.17) is 0 Å². The molecule has 1 heterocycles. The maximum atomic E-state index is 12.2.